The van der Waals surface area contributed by atoms with Crippen LogP contribution >= 0.6 is 0 Å². The van der Waals surface area contributed by atoms with E-state index in [9.17, 15) is 0 Å². The molecule has 0 radical (unpaired) electrons. The van der Waals surface area contributed by atoms with Crippen LogP contribution in [0.3, 0.4) is 0 Å². The van der Waals surface area contributed by atoms with Crippen molar-refractivity contribution < 1.29 is 4.42 Å². The molecule has 0 spiro atoms. The third-order valence-electron chi connectivity index (χ3n) is 4.94. The van der Waals surface area contributed by atoms with Crippen LogP contribution in [0.1, 0.15) is 30.0 Å². The van der Waals surface area contributed by atoms with E-state index in [1.807, 2.05) is 6.26 Å². The fraction of sp³-hybridized carbons (Fsp3) is 0.444. The van der Waals surface area contributed by atoms with Gasteiger partial charge in [0, 0.05) is 37.3 Å². The van der Waals surface area contributed by atoms with Gasteiger partial charge in [-0.3, -0.25) is 9.80 Å². The fourth-order valence-corrected chi connectivity index (χ4v) is 3.86. The van der Waals surface area contributed by atoms with Gasteiger partial charge in [0.15, 0.2) is 0 Å². The highest BCUT2D eigenvalue weighted by molar-refractivity contribution is 5.21. The van der Waals surface area contributed by atoms with Crippen molar-refractivity contribution in [1.29, 1.82) is 0 Å². The van der Waals surface area contributed by atoms with Crippen molar-refractivity contribution in [3.8, 4) is 0 Å². The largest absolute Gasteiger partial charge is 0.472 e. The summed E-state index contributed by atoms with van der Waals surface area (Å²) in [5.74, 6) is 0. The second-order valence-corrected chi connectivity index (χ2v) is 6.28. The zero-order chi connectivity index (χ0) is 14.1. The zero-order valence-corrected chi connectivity index (χ0v) is 12.3. The molecular weight excluding hydrogens is 260 g/mol. The van der Waals surface area contributed by atoms with Crippen LogP contribution in [0.2, 0.25) is 0 Å². The molecule has 3 nitrogen and oxygen atoms in total. The van der Waals surface area contributed by atoms with E-state index in [1.54, 1.807) is 6.26 Å². The molecule has 0 amide bonds. The van der Waals surface area contributed by atoms with E-state index < -0.39 is 0 Å². The molecule has 3 heteroatoms. The number of hydrogen-bond donors (Lipinski definition) is 0. The fourth-order valence-electron chi connectivity index (χ4n) is 3.86. The number of rotatable bonds is 3. The third kappa shape index (κ3) is 2.63. The molecule has 110 valence electrons. The minimum Gasteiger partial charge on any atom is -0.472 e. The normalized spacial score (nSPS) is 26.9. The Morgan fingerprint density at radius 2 is 2.00 bits per heavy atom. The number of benzene rings is 1. The van der Waals surface area contributed by atoms with Crippen LogP contribution in [0.4, 0.5) is 0 Å². The predicted octanol–water partition coefficient (Wildman–Crippen LogP) is 3.30. The number of piperazine rings is 1. The van der Waals surface area contributed by atoms with Crippen molar-refractivity contribution in [1.82, 2.24) is 9.80 Å². The second kappa shape index (κ2) is 5.66. The molecule has 1 aromatic carbocycles. The van der Waals surface area contributed by atoms with Crippen LogP contribution in [0.5, 0.6) is 0 Å². The topological polar surface area (TPSA) is 19.6 Å². The smallest absolute Gasteiger partial charge is 0.0947 e. The van der Waals surface area contributed by atoms with Crippen molar-refractivity contribution in [3.05, 3.63) is 60.1 Å². The molecule has 1 aromatic heterocycles. The third-order valence-corrected chi connectivity index (χ3v) is 4.94. The summed E-state index contributed by atoms with van der Waals surface area (Å²) < 4.78 is 5.25. The molecule has 0 saturated carbocycles. The molecule has 2 aliphatic rings. The lowest BCUT2D eigenvalue weighted by Crippen LogP contribution is -2.51. The van der Waals surface area contributed by atoms with E-state index in [0.29, 0.717) is 6.04 Å². The van der Waals surface area contributed by atoms with Crippen molar-refractivity contribution in [2.75, 3.05) is 19.6 Å². The minimum absolute atomic E-state index is 0.496. The van der Waals surface area contributed by atoms with Gasteiger partial charge in [-0.05, 0) is 31.0 Å². The van der Waals surface area contributed by atoms with E-state index in [-0.39, 0.29) is 0 Å². The molecule has 2 aliphatic heterocycles. The van der Waals surface area contributed by atoms with Gasteiger partial charge in [-0.2, -0.15) is 0 Å². The maximum atomic E-state index is 5.25. The first-order valence-electron chi connectivity index (χ1n) is 7.94. The van der Waals surface area contributed by atoms with E-state index >= 15 is 0 Å². The first-order valence-corrected chi connectivity index (χ1v) is 7.94. The van der Waals surface area contributed by atoms with Crippen molar-refractivity contribution in [2.45, 2.75) is 31.5 Å². The molecule has 2 fully saturated rings. The van der Waals surface area contributed by atoms with Gasteiger partial charge < -0.3 is 4.42 Å². The SMILES string of the molecule is c1ccc(C2CN3CCCC3CN2Cc2ccoc2)cc1. The first-order chi connectivity index (χ1) is 10.4. The van der Waals surface area contributed by atoms with Crippen LogP contribution < -0.4 is 0 Å². The second-order valence-electron chi connectivity index (χ2n) is 6.28. The van der Waals surface area contributed by atoms with Gasteiger partial charge in [0.2, 0.25) is 0 Å². The van der Waals surface area contributed by atoms with Gasteiger partial charge in [-0.15, -0.1) is 0 Å². The van der Waals surface area contributed by atoms with Crippen molar-refractivity contribution in [3.63, 3.8) is 0 Å². The summed E-state index contributed by atoms with van der Waals surface area (Å²) in [5, 5.41) is 0. The Kier molecular flexibility index (Phi) is 3.53. The number of furan rings is 1. The van der Waals surface area contributed by atoms with Gasteiger partial charge in [-0.25, -0.2) is 0 Å². The maximum absolute atomic E-state index is 5.25. The number of nitrogens with zero attached hydrogens (tertiary/aromatic N) is 2. The Morgan fingerprint density at radius 3 is 2.81 bits per heavy atom. The Morgan fingerprint density at radius 1 is 1.10 bits per heavy atom. The van der Waals surface area contributed by atoms with Crippen LogP contribution in [-0.4, -0.2) is 35.5 Å². The molecule has 0 aliphatic carbocycles. The summed E-state index contributed by atoms with van der Waals surface area (Å²) >= 11 is 0. The summed E-state index contributed by atoms with van der Waals surface area (Å²) in [6.07, 6.45) is 6.36. The van der Waals surface area contributed by atoms with Crippen molar-refractivity contribution in [2.24, 2.45) is 0 Å². The van der Waals surface area contributed by atoms with Crippen LogP contribution in [0.25, 0.3) is 0 Å². The van der Waals surface area contributed by atoms with Crippen molar-refractivity contribution >= 4 is 0 Å². The molecular formula is C18H22N2O. The Hall–Kier alpha value is -1.58. The summed E-state index contributed by atoms with van der Waals surface area (Å²) in [6, 6.07) is 14.3. The van der Waals surface area contributed by atoms with Gasteiger partial charge in [0.1, 0.15) is 0 Å². The van der Waals surface area contributed by atoms with Crippen LogP contribution in [0, 0.1) is 0 Å². The highest BCUT2D eigenvalue weighted by Crippen LogP contribution is 2.33. The maximum Gasteiger partial charge on any atom is 0.0947 e. The molecule has 2 unspecified atom stereocenters. The standard InChI is InChI=1S/C18H22N2O/c1-2-5-16(6-3-1)18-13-19-9-4-7-17(19)12-20(18)11-15-8-10-21-14-15/h1-3,5-6,8,10,14,17-18H,4,7,9,11-13H2. The molecule has 21 heavy (non-hydrogen) atoms. The molecule has 0 N–H and O–H groups in total. The van der Waals surface area contributed by atoms with E-state index in [0.717, 1.165) is 19.1 Å². The molecule has 2 saturated heterocycles. The predicted molar refractivity (Wildman–Crippen MR) is 82.9 cm³/mol. The molecule has 3 heterocycles. The lowest BCUT2D eigenvalue weighted by Gasteiger charge is -2.44. The Balaban J connectivity index is 1.60. The average Bonchev–Trinajstić information content (AvgIpc) is 3.18. The minimum atomic E-state index is 0.496. The highest BCUT2D eigenvalue weighted by atomic mass is 16.3. The first kappa shape index (κ1) is 13.1. The average molecular weight is 282 g/mol. The van der Waals surface area contributed by atoms with E-state index in [4.69, 9.17) is 4.42 Å². The van der Waals surface area contributed by atoms with Gasteiger partial charge in [0.05, 0.1) is 12.5 Å². The Labute approximate surface area is 126 Å². The summed E-state index contributed by atoms with van der Waals surface area (Å²) in [7, 11) is 0. The monoisotopic (exact) mass is 282 g/mol. The highest BCUT2D eigenvalue weighted by Gasteiger charge is 2.36. The zero-order valence-electron chi connectivity index (χ0n) is 12.3. The van der Waals surface area contributed by atoms with Gasteiger partial charge in [-0.1, -0.05) is 30.3 Å². The quantitative estimate of drug-likeness (QED) is 0.861. The number of hydrogen-bond acceptors (Lipinski definition) is 3. The lowest BCUT2D eigenvalue weighted by molar-refractivity contribution is 0.0447. The van der Waals surface area contributed by atoms with Gasteiger partial charge >= 0.3 is 0 Å². The summed E-state index contributed by atoms with van der Waals surface area (Å²) in [4.78, 5) is 5.32. The summed E-state index contributed by atoms with van der Waals surface area (Å²) in [5.41, 5.74) is 2.72. The molecule has 2 aromatic rings. The van der Waals surface area contributed by atoms with Crippen LogP contribution in [0.15, 0.2) is 53.3 Å². The van der Waals surface area contributed by atoms with E-state index in [2.05, 4.69) is 46.2 Å². The number of fused-ring (bicyclic) bond motifs is 1. The lowest BCUT2D eigenvalue weighted by atomic mass is 9.99. The van der Waals surface area contributed by atoms with Gasteiger partial charge in [0.25, 0.3) is 0 Å². The molecule has 4 rings (SSSR count). The molecule has 0 bridgehead atoms. The molecule has 2 atom stereocenters. The Bertz CT molecular complexity index is 566. The van der Waals surface area contributed by atoms with Crippen LogP contribution in [-0.2, 0) is 6.54 Å². The summed E-state index contributed by atoms with van der Waals surface area (Å²) in [6.45, 7) is 4.59. The van der Waals surface area contributed by atoms with E-state index in [1.165, 1.54) is 37.1 Å².